The zero-order valence-corrected chi connectivity index (χ0v) is 16.4. The summed E-state index contributed by atoms with van der Waals surface area (Å²) in [5.41, 5.74) is 4.48. The minimum Gasteiger partial charge on any atom is -0.338 e. The Kier molecular flexibility index (Phi) is 4.08. The molecule has 1 fully saturated rings. The fraction of sp³-hybridized carbons (Fsp3) is 0.381. The Labute approximate surface area is 167 Å². The zero-order chi connectivity index (χ0) is 20.1. The Morgan fingerprint density at radius 2 is 1.97 bits per heavy atom. The third-order valence-corrected chi connectivity index (χ3v) is 6.28. The van der Waals surface area contributed by atoms with Crippen molar-refractivity contribution in [3.63, 3.8) is 0 Å². The lowest BCUT2D eigenvalue weighted by Crippen LogP contribution is -2.49. The number of carbonyl (C=O) groups is 1. The molecule has 4 heterocycles. The van der Waals surface area contributed by atoms with Crippen molar-refractivity contribution in [3.05, 3.63) is 69.4 Å². The van der Waals surface area contributed by atoms with Gasteiger partial charge < -0.3 is 9.47 Å². The Hall–Kier alpha value is -3.29. The van der Waals surface area contributed by atoms with Crippen LogP contribution >= 0.6 is 0 Å². The third kappa shape index (κ3) is 2.86. The summed E-state index contributed by atoms with van der Waals surface area (Å²) in [5, 5.41) is 11.5. The summed E-state index contributed by atoms with van der Waals surface area (Å²) in [4.78, 5) is 27.7. The van der Waals surface area contributed by atoms with Gasteiger partial charge in [-0.25, -0.2) is 0 Å². The molecule has 148 valence electrons. The van der Waals surface area contributed by atoms with Gasteiger partial charge in [0.05, 0.1) is 11.3 Å². The van der Waals surface area contributed by atoms with Crippen LogP contribution in [0.1, 0.15) is 39.5 Å². The smallest absolute Gasteiger partial charge is 0.256 e. The Balaban J connectivity index is 1.52. The maximum Gasteiger partial charge on any atom is 0.256 e. The fourth-order valence-corrected chi connectivity index (χ4v) is 4.77. The number of piperidine rings is 1. The van der Waals surface area contributed by atoms with E-state index < -0.39 is 0 Å². The summed E-state index contributed by atoms with van der Waals surface area (Å²) >= 11 is 0. The minimum absolute atomic E-state index is 0.0139. The van der Waals surface area contributed by atoms with E-state index in [-0.39, 0.29) is 23.3 Å². The maximum absolute atomic E-state index is 13.6. The molecule has 1 amide bonds. The molecule has 0 N–H and O–H groups in total. The normalized spacial score (nSPS) is 20.4. The molecule has 0 radical (unpaired) electrons. The van der Waals surface area contributed by atoms with E-state index in [4.69, 9.17) is 0 Å². The summed E-state index contributed by atoms with van der Waals surface area (Å²) in [6.45, 7) is 5.93. The molecule has 0 unspecified atom stereocenters. The predicted molar refractivity (Wildman–Crippen MR) is 106 cm³/mol. The van der Waals surface area contributed by atoms with Crippen molar-refractivity contribution in [1.29, 1.82) is 0 Å². The maximum atomic E-state index is 13.6. The highest BCUT2D eigenvalue weighted by molar-refractivity contribution is 5.98. The van der Waals surface area contributed by atoms with Crippen LogP contribution in [0, 0.1) is 19.8 Å². The van der Waals surface area contributed by atoms with E-state index >= 15 is 0 Å². The number of carbonyl (C=O) groups excluding carboxylic acids is 1. The van der Waals surface area contributed by atoms with Gasteiger partial charge in [0, 0.05) is 37.3 Å². The van der Waals surface area contributed by atoms with Gasteiger partial charge in [-0.15, -0.1) is 5.10 Å². The largest absolute Gasteiger partial charge is 0.338 e. The highest BCUT2D eigenvalue weighted by atomic mass is 16.2. The molecule has 29 heavy (non-hydrogen) atoms. The van der Waals surface area contributed by atoms with Crippen LogP contribution in [0.2, 0.25) is 0 Å². The molecule has 0 spiro atoms. The first-order chi connectivity index (χ1) is 14.0. The van der Waals surface area contributed by atoms with Crippen molar-refractivity contribution in [1.82, 2.24) is 29.7 Å². The van der Waals surface area contributed by atoms with Crippen molar-refractivity contribution in [3.8, 4) is 5.69 Å². The van der Waals surface area contributed by atoms with Gasteiger partial charge in [-0.05, 0) is 59.9 Å². The Morgan fingerprint density at radius 1 is 1.10 bits per heavy atom. The number of amides is 1. The number of aryl methyl sites for hydroxylation is 1. The van der Waals surface area contributed by atoms with E-state index in [1.165, 1.54) is 6.33 Å². The molecule has 2 atom stereocenters. The number of likely N-dealkylation sites (tertiary alicyclic amines) is 1. The van der Waals surface area contributed by atoms with E-state index in [0.29, 0.717) is 25.2 Å². The lowest BCUT2D eigenvalue weighted by atomic mass is 9.83. The van der Waals surface area contributed by atoms with Crippen molar-refractivity contribution in [2.24, 2.45) is 5.92 Å². The highest BCUT2D eigenvalue weighted by Crippen LogP contribution is 2.36. The van der Waals surface area contributed by atoms with Gasteiger partial charge in [0.15, 0.2) is 0 Å². The molecule has 2 bridgehead atoms. The van der Waals surface area contributed by atoms with Crippen LogP contribution in [0.15, 0.2) is 41.5 Å². The molecule has 2 aliphatic rings. The molecule has 1 saturated heterocycles. The van der Waals surface area contributed by atoms with Crippen LogP contribution in [-0.2, 0) is 6.54 Å². The van der Waals surface area contributed by atoms with E-state index in [1.807, 2.05) is 47.6 Å². The van der Waals surface area contributed by atoms with Crippen LogP contribution in [0.25, 0.3) is 5.69 Å². The minimum atomic E-state index is -0.0139. The first-order valence-electron chi connectivity index (χ1n) is 9.85. The van der Waals surface area contributed by atoms with Crippen LogP contribution in [0.3, 0.4) is 0 Å². The van der Waals surface area contributed by atoms with E-state index in [1.54, 1.807) is 10.7 Å². The quantitative estimate of drug-likeness (QED) is 0.665. The first kappa shape index (κ1) is 17.8. The average Bonchev–Trinajstić information content (AvgIpc) is 3.24. The van der Waals surface area contributed by atoms with Crippen LogP contribution in [-0.4, -0.2) is 48.7 Å². The summed E-state index contributed by atoms with van der Waals surface area (Å²) < 4.78 is 3.44. The molecular formula is C21H22N6O2. The number of hydrogen-bond acceptors (Lipinski definition) is 5. The molecule has 1 aromatic carbocycles. The van der Waals surface area contributed by atoms with Crippen molar-refractivity contribution < 1.29 is 4.79 Å². The fourth-order valence-electron chi connectivity index (χ4n) is 4.77. The molecule has 2 aromatic heterocycles. The molecule has 5 rings (SSSR count). The SMILES string of the molecule is Cc1ccc(C(=O)N2C[C@H]3C[C@@H](C2)c2cccc(=O)n2C3)c(-n2cnnn2)c1C. The molecule has 8 heteroatoms. The highest BCUT2D eigenvalue weighted by Gasteiger charge is 2.37. The van der Waals surface area contributed by atoms with Gasteiger partial charge in [0.25, 0.3) is 11.5 Å². The number of rotatable bonds is 2. The number of hydrogen-bond donors (Lipinski definition) is 0. The summed E-state index contributed by atoms with van der Waals surface area (Å²) in [5.74, 6) is 0.455. The molecular weight excluding hydrogens is 368 g/mol. The van der Waals surface area contributed by atoms with Crippen molar-refractivity contribution >= 4 is 5.91 Å². The lowest BCUT2D eigenvalue weighted by molar-refractivity contribution is 0.0594. The summed E-state index contributed by atoms with van der Waals surface area (Å²) in [7, 11) is 0. The molecule has 8 nitrogen and oxygen atoms in total. The monoisotopic (exact) mass is 390 g/mol. The molecule has 3 aromatic rings. The number of tetrazole rings is 1. The van der Waals surface area contributed by atoms with Crippen molar-refractivity contribution in [2.75, 3.05) is 13.1 Å². The first-order valence-corrected chi connectivity index (χ1v) is 9.85. The van der Waals surface area contributed by atoms with Gasteiger partial charge >= 0.3 is 0 Å². The number of benzene rings is 1. The lowest BCUT2D eigenvalue weighted by Gasteiger charge is -2.43. The Morgan fingerprint density at radius 3 is 2.76 bits per heavy atom. The van der Waals surface area contributed by atoms with E-state index in [0.717, 1.165) is 28.9 Å². The van der Waals surface area contributed by atoms with Gasteiger partial charge in [-0.2, -0.15) is 4.68 Å². The predicted octanol–water partition coefficient (Wildman–Crippen LogP) is 1.70. The third-order valence-electron chi connectivity index (χ3n) is 6.28. The number of fused-ring (bicyclic) bond motifs is 4. The number of aromatic nitrogens is 5. The van der Waals surface area contributed by atoms with Gasteiger partial charge in [-0.1, -0.05) is 12.1 Å². The van der Waals surface area contributed by atoms with E-state index in [9.17, 15) is 9.59 Å². The average molecular weight is 390 g/mol. The summed E-state index contributed by atoms with van der Waals surface area (Å²) in [6.07, 6.45) is 2.53. The zero-order valence-electron chi connectivity index (χ0n) is 16.4. The standard InChI is InChI=1S/C21H22N6O2/c1-13-6-7-17(20(14(13)2)27-12-22-23-24-27)21(29)25-9-15-8-16(11-25)18-4-3-5-19(28)26(18)10-15/h3-7,12,15-16H,8-11H2,1-2H3/t15-,16+/m1/s1. The Bertz CT molecular complexity index is 1150. The second kappa shape index (κ2) is 6.65. The number of nitrogens with zero attached hydrogens (tertiary/aromatic N) is 6. The number of pyridine rings is 1. The summed E-state index contributed by atoms with van der Waals surface area (Å²) in [6, 6.07) is 9.27. The van der Waals surface area contributed by atoms with Gasteiger partial charge in [0.1, 0.15) is 6.33 Å². The van der Waals surface area contributed by atoms with Crippen LogP contribution in [0.5, 0.6) is 0 Å². The van der Waals surface area contributed by atoms with Gasteiger partial charge in [-0.3, -0.25) is 9.59 Å². The molecule has 2 aliphatic heterocycles. The molecule has 0 aliphatic carbocycles. The van der Waals surface area contributed by atoms with Gasteiger partial charge in [0.2, 0.25) is 0 Å². The molecule has 0 saturated carbocycles. The second-order valence-electron chi connectivity index (χ2n) is 8.07. The second-order valence-corrected chi connectivity index (χ2v) is 8.07. The topological polar surface area (TPSA) is 85.9 Å². The van der Waals surface area contributed by atoms with Crippen LogP contribution < -0.4 is 5.56 Å². The van der Waals surface area contributed by atoms with E-state index in [2.05, 4.69) is 15.5 Å². The van der Waals surface area contributed by atoms with Crippen LogP contribution in [0.4, 0.5) is 0 Å². The van der Waals surface area contributed by atoms with Crippen molar-refractivity contribution in [2.45, 2.75) is 32.7 Å².